The molecule has 0 rings (SSSR count). The molecule has 0 N–H and O–H groups in total. The van der Waals surface area contributed by atoms with Crippen LogP contribution in [0.1, 0.15) is 0 Å². The van der Waals surface area contributed by atoms with Gasteiger partial charge in [-0.15, -0.1) is 0 Å². The summed E-state index contributed by atoms with van der Waals surface area (Å²) in [6.45, 7) is 0. The Balaban J connectivity index is 0. The second-order valence-corrected chi connectivity index (χ2v) is 5.44. The van der Waals surface area contributed by atoms with Crippen molar-refractivity contribution < 1.29 is 80.1 Å². The smallest absolute Gasteiger partial charge is 0.192 e. The first-order valence-electron chi connectivity index (χ1n) is 5.15. The monoisotopic (exact) mass is 514 g/mol. The van der Waals surface area contributed by atoms with E-state index in [9.17, 15) is 74.6 Å². The van der Waals surface area contributed by atoms with Gasteiger partial charge in [0.2, 0.25) is 0 Å². The normalized spacial score (nSPS) is 16.2. The minimum atomic E-state index is -8.58. The molecule has 2 radical (unpaired) electrons. The zero-order valence-electron chi connectivity index (χ0n) is 11.2. The molecule has 0 aliphatic rings. The number of hydrogen-bond acceptors (Lipinski definition) is 0. The van der Waals surface area contributed by atoms with Gasteiger partial charge in [-0.25, -0.2) is 0 Å². The summed E-state index contributed by atoms with van der Waals surface area (Å²) in [4.78, 5) is -6.50. The molecular formula is C8BrF17O. The van der Waals surface area contributed by atoms with Crippen LogP contribution < -0.4 is 0 Å². The van der Waals surface area contributed by atoms with E-state index < -0.39 is 46.5 Å². The van der Waals surface area contributed by atoms with E-state index in [1.807, 2.05) is 0 Å². The maximum atomic E-state index is 12.9. The molecule has 0 heterocycles. The number of hydrogen-bond donors (Lipinski definition) is 0. The first-order chi connectivity index (χ1) is 10.8. The third kappa shape index (κ3) is 3.52. The van der Waals surface area contributed by atoms with Crippen molar-refractivity contribution in [3.05, 3.63) is 0 Å². The molecule has 0 aromatic carbocycles. The molecule has 27 heavy (non-hydrogen) atoms. The van der Waals surface area contributed by atoms with Gasteiger partial charge in [0, 0.05) is 5.48 Å². The fourth-order valence-corrected chi connectivity index (χ4v) is 1.39. The SMILES string of the molecule is FC(F)(F)C(F)(F)C(F)(F)C(F)(F)C(F)(F)C(F)(F)C(F)(F)C(F)(F)Br.[O]. The Bertz CT molecular complexity index is 480. The Morgan fingerprint density at radius 3 is 0.704 bits per heavy atom. The van der Waals surface area contributed by atoms with E-state index in [1.54, 1.807) is 0 Å². The van der Waals surface area contributed by atoms with Crippen LogP contribution in [0, 0.1) is 0 Å². The van der Waals surface area contributed by atoms with Crippen molar-refractivity contribution >= 4 is 15.9 Å². The summed E-state index contributed by atoms with van der Waals surface area (Å²) in [7, 11) is 0. The lowest BCUT2D eigenvalue weighted by atomic mass is 9.91. The van der Waals surface area contributed by atoms with Gasteiger partial charge in [0.15, 0.2) is 0 Å². The summed E-state index contributed by atoms with van der Waals surface area (Å²) in [5.74, 6) is -49.6. The Morgan fingerprint density at radius 2 is 0.519 bits per heavy atom. The molecule has 0 aromatic heterocycles. The molecule has 19 heteroatoms. The molecular weight excluding hydrogens is 515 g/mol. The molecule has 0 saturated heterocycles. The molecule has 0 atom stereocenters. The Labute approximate surface area is 143 Å². The second-order valence-electron chi connectivity index (χ2n) is 4.44. The quantitative estimate of drug-likeness (QED) is 0.297. The van der Waals surface area contributed by atoms with Gasteiger partial charge in [0.1, 0.15) is 0 Å². The van der Waals surface area contributed by atoms with Crippen LogP contribution >= 0.6 is 15.9 Å². The molecule has 0 amide bonds. The largest absolute Gasteiger partial charge is 0.460 e. The highest BCUT2D eigenvalue weighted by molar-refractivity contribution is 9.10. The first-order valence-corrected chi connectivity index (χ1v) is 5.94. The van der Waals surface area contributed by atoms with E-state index in [0.717, 1.165) is 0 Å². The maximum absolute atomic E-state index is 12.9. The Kier molecular flexibility index (Phi) is 7.01. The van der Waals surface area contributed by atoms with Crippen molar-refractivity contribution in [3.63, 3.8) is 0 Å². The highest BCUT2D eigenvalue weighted by atomic mass is 79.9. The number of rotatable bonds is 6. The zero-order valence-corrected chi connectivity index (χ0v) is 12.8. The van der Waals surface area contributed by atoms with E-state index in [1.165, 1.54) is 0 Å². The molecule has 0 aliphatic heterocycles. The zero-order chi connectivity index (χ0) is 22.0. The minimum Gasteiger partial charge on any atom is -0.192 e. The Morgan fingerprint density at radius 1 is 0.333 bits per heavy atom. The van der Waals surface area contributed by atoms with Crippen molar-refractivity contribution in [1.29, 1.82) is 0 Å². The minimum absolute atomic E-state index is 0. The van der Waals surface area contributed by atoms with Gasteiger partial charge >= 0.3 is 46.5 Å². The highest BCUT2D eigenvalue weighted by Gasteiger charge is 2.95. The lowest BCUT2D eigenvalue weighted by Crippen LogP contribution is -2.74. The van der Waals surface area contributed by atoms with Crippen LogP contribution in [0.25, 0.3) is 0 Å². The first kappa shape index (κ1) is 28.5. The van der Waals surface area contributed by atoms with Gasteiger partial charge in [0.25, 0.3) is 0 Å². The summed E-state index contributed by atoms with van der Waals surface area (Å²) in [5.41, 5.74) is 0. The Hall–Kier alpha value is -0.750. The molecule has 0 saturated carbocycles. The van der Waals surface area contributed by atoms with Crippen LogP contribution in [-0.4, -0.2) is 46.5 Å². The molecule has 0 aromatic rings. The molecule has 0 fully saturated rings. The summed E-state index contributed by atoms with van der Waals surface area (Å²) in [6, 6.07) is 0. The summed E-state index contributed by atoms with van der Waals surface area (Å²) < 4.78 is 212. The summed E-state index contributed by atoms with van der Waals surface area (Å²) >= 11 is 0.360. The van der Waals surface area contributed by atoms with Gasteiger partial charge in [-0.3, -0.25) is 0 Å². The molecule has 164 valence electrons. The average molecular weight is 515 g/mol. The lowest BCUT2D eigenvalue weighted by molar-refractivity contribution is -0.457. The van der Waals surface area contributed by atoms with E-state index in [-0.39, 0.29) is 5.48 Å². The summed E-state index contributed by atoms with van der Waals surface area (Å²) in [6.07, 6.45) is -7.74. The average Bonchev–Trinajstić information content (AvgIpc) is 2.34. The van der Waals surface area contributed by atoms with Crippen molar-refractivity contribution in [2.45, 2.75) is 46.5 Å². The summed E-state index contributed by atoms with van der Waals surface area (Å²) in [5, 5.41) is 0. The molecule has 0 unspecified atom stereocenters. The molecule has 0 bridgehead atoms. The van der Waals surface area contributed by atoms with Crippen LogP contribution in [-0.2, 0) is 5.48 Å². The van der Waals surface area contributed by atoms with Crippen molar-refractivity contribution in [2.75, 3.05) is 0 Å². The fourth-order valence-electron chi connectivity index (χ4n) is 1.14. The van der Waals surface area contributed by atoms with Gasteiger partial charge < -0.3 is 0 Å². The topological polar surface area (TPSA) is 28.5 Å². The van der Waals surface area contributed by atoms with Gasteiger partial charge in [-0.2, -0.15) is 74.6 Å². The van der Waals surface area contributed by atoms with Crippen LogP contribution in [0.5, 0.6) is 0 Å². The van der Waals surface area contributed by atoms with Crippen molar-refractivity contribution in [1.82, 2.24) is 0 Å². The van der Waals surface area contributed by atoms with Crippen molar-refractivity contribution in [2.24, 2.45) is 0 Å². The van der Waals surface area contributed by atoms with Gasteiger partial charge in [0.05, 0.1) is 0 Å². The molecule has 0 spiro atoms. The molecule has 1 nitrogen and oxygen atoms in total. The number of halogens is 18. The van der Waals surface area contributed by atoms with Crippen LogP contribution in [0.2, 0.25) is 0 Å². The highest BCUT2D eigenvalue weighted by Crippen LogP contribution is 2.64. The second kappa shape index (κ2) is 6.65. The fraction of sp³-hybridized carbons (Fsp3) is 1.00. The van der Waals surface area contributed by atoms with Crippen LogP contribution in [0.4, 0.5) is 74.6 Å². The predicted octanol–water partition coefficient (Wildman–Crippen LogP) is 6.23. The lowest BCUT2D eigenvalue weighted by Gasteiger charge is -2.42. The van der Waals surface area contributed by atoms with Crippen LogP contribution in [0.15, 0.2) is 0 Å². The van der Waals surface area contributed by atoms with E-state index in [4.69, 9.17) is 0 Å². The van der Waals surface area contributed by atoms with Gasteiger partial charge in [-0.05, 0) is 15.9 Å². The third-order valence-corrected chi connectivity index (χ3v) is 3.18. The number of alkyl halides is 18. The predicted molar refractivity (Wildman–Crippen MR) is 50.3 cm³/mol. The van der Waals surface area contributed by atoms with E-state index in [2.05, 4.69) is 0 Å². The van der Waals surface area contributed by atoms with E-state index >= 15 is 0 Å². The third-order valence-electron chi connectivity index (χ3n) is 2.68. The van der Waals surface area contributed by atoms with E-state index in [0.29, 0.717) is 15.9 Å². The standard InChI is InChI=1S/C8BrF17.O/c9-7(22,23)5(18,19)3(14,15)1(10,11)2(12,13)4(16,17)6(20,21)8(24,25)26;. The maximum Gasteiger partial charge on any atom is 0.460 e. The van der Waals surface area contributed by atoms with Gasteiger partial charge in [-0.1, -0.05) is 0 Å². The molecule has 0 aliphatic carbocycles. The van der Waals surface area contributed by atoms with Crippen molar-refractivity contribution in [3.8, 4) is 0 Å². The van der Waals surface area contributed by atoms with Crippen LogP contribution in [0.3, 0.4) is 0 Å².